The van der Waals surface area contributed by atoms with Crippen molar-refractivity contribution in [3.63, 3.8) is 0 Å². The number of hydrogen-bond donors (Lipinski definition) is 0. The van der Waals surface area contributed by atoms with Crippen molar-refractivity contribution in [1.82, 2.24) is 24.6 Å². The number of nitrogens with zero attached hydrogens (tertiary/aromatic N) is 7. The molecule has 6 rings (SSSR count). The first-order valence-electron chi connectivity index (χ1n) is 13.0. The van der Waals surface area contributed by atoms with E-state index in [1.165, 1.54) is 12.1 Å². The molecule has 4 heterocycles. The van der Waals surface area contributed by atoms with Crippen LogP contribution in [-0.4, -0.2) is 50.3 Å². The molecule has 2 atom stereocenters. The number of hydrogen-bond acceptors (Lipinski definition) is 8. The molecule has 1 aliphatic heterocycles. The molecule has 194 valence electrons. The Labute approximate surface area is 219 Å². The molecule has 10 heteroatoms. The summed E-state index contributed by atoms with van der Waals surface area (Å²) >= 11 is 0. The topological polar surface area (TPSA) is 104 Å². The van der Waals surface area contributed by atoms with Crippen LogP contribution in [0.1, 0.15) is 61.1 Å². The zero-order chi connectivity index (χ0) is 26.4. The van der Waals surface area contributed by atoms with E-state index in [4.69, 9.17) is 9.51 Å². The Balaban J connectivity index is 1.37. The molecule has 1 saturated carbocycles. The van der Waals surface area contributed by atoms with Crippen molar-refractivity contribution >= 4 is 16.7 Å². The lowest BCUT2D eigenvalue weighted by atomic mass is 10.0. The Morgan fingerprint density at radius 2 is 1.95 bits per heavy atom. The molecule has 2 fully saturated rings. The summed E-state index contributed by atoms with van der Waals surface area (Å²) in [4.78, 5) is 26.7. The lowest BCUT2D eigenvalue weighted by molar-refractivity contribution is 0.154. The molecule has 1 saturated heterocycles. The SMILES string of the molecule is CC[C@H]1CN(C(c2ccc(F)cc2)c2nc(C3CC3)no2)CCN1c1cc(=O)n(C)c2ccc(C#N)nc12. The second kappa shape index (κ2) is 9.65. The highest BCUT2D eigenvalue weighted by atomic mass is 19.1. The number of halogens is 1. The van der Waals surface area contributed by atoms with Crippen molar-refractivity contribution in [1.29, 1.82) is 5.26 Å². The van der Waals surface area contributed by atoms with E-state index >= 15 is 0 Å². The Kier molecular flexibility index (Phi) is 6.16. The summed E-state index contributed by atoms with van der Waals surface area (Å²) in [6, 6.07) is 13.3. The fourth-order valence-electron chi connectivity index (χ4n) is 5.39. The van der Waals surface area contributed by atoms with Crippen LogP contribution in [-0.2, 0) is 7.05 Å². The van der Waals surface area contributed by atoms with Crippen LogP contribution in [0, 0.1) is 17.1 Å². The van der Waals surface area contributed by atoms with Gasteiger partial charge in [0.2, 0.25) is 5.89 Å². The van der Waals surface area contributed by atoms with Gasteiger partial charge in [0.05, 0.1) is 11.2 Å². The van der Waals surface area contributed by atoms with Crippen molar-refractivity contribution < 1.29 is 8.91 Å². The molecule has 0 radical (unpaired) electrons. The lowest BCUT2D eigenvalue weighted by Gasteiger charge is -2.44. The van der Waals surface area contributed by atoms with E-state index in [9.17, 15) is 14.4 Å². The smallest absolute Gasteiger partial charge is 0.252 e. The van der Waals surface area contributed by atoms with Crippen LogP contribution in [0.5, 0.6) is 0 Å². The number of nitriles is 1. The Hall–Kier alpha value is -4.10. The van der Waals surface area contributed by atoms with Gasteiger partial charge in [-0.1, -0.05) is 24.2 Å². The maximum absolute atomic E-state index is 13.8. The highest BCUT2D eigenvalue weighted by Gasteiger charge is 2.37. The maximum Gasteiger partial charge on any atom is 0.252 e. The summed E-state index contributed by atoms with van der Waals surface area (Å²) in [7, 11) is 1.71. The monoisotopic (exact) mass is 513 g/mol. The van der Waals surface area contributed by atoms with Gasteiger partial charge in [-0.2, -0.15) is 10.2 Å². The van der Waals surface area contributed by atoms with Crippen molar-refractivity contribution in [3.05, 3.63) is 81.6 Å². The van der Waals surface area contributed by atoms with Gasteiger partial charge in [-0.05, 0) is 49.1 Å². The summed E-state index contributed by atoms with van der Waals surface area (Å²) in [5.74, 6) is 1.32. The van der Waals surface area contributed by atoms with E-state index in [1.54, 1.807) is 41.9 Å². The molecular weight excluding hydrogens is 485 g/mol. The average Bonchev–Trinajstić information content (AvgIpc) is 3.69. The summed E-state index contributed by atoms with van der Waals surface area (Å²) < 4.78 is 21.1. The highest BCUT2D eigenvalue weighted by Crippen LogP contribution is 2.40. The number of benzene rings is 1. The molecule has 2 aliphatic rings. The predicted octanol–water partition coefficient (Wildman–Crippen LogP) is 3.89. The second-order valence-electron chi connectivity index (χ2n) is 10.1. The summed E-state index contributed by atoms with van der Waals surface area (Å²) in [5, 5.41) is 13.7. The van der Waals surface area contributed by atoms with Crippen LogP contribution >= 0.6 is 0 Å². The van der Waals surface area contributed by atoms with E-state index in [1.807, 2.05) is 0 Å². The van der Waals surface area contributed by atoms with Crippen LogP contribution in [0.4, 0.5) is 10.1 Å². The van der Waals surface area contributed by atoms with Crippen LogP contribution in [0.3, 0.4) is 0 Å². The van der Waals surface area contributed by atoms with Gasteiger partial charge < -0.3 is 14.0 Å². The summed E-state index contributed by atoms with van der Waals surface area (Å²) in [6.45, 7) is 4.05. The molecule has 0 N–H and O–H groups in total. The quantitative estimate of drug-likeness (QED) is 0.383. The molecule has 9 nitrogen and oxygen atoms in total. The molecule has 1 unspecified atom stereocenters. The molecule has 0 bridgehead atoms. The average molecular weight is 514 g/mol. The van der Waals surface area contributed by atoms with Crippen LogP contribution in [0.15, 0.2) is 51.8 Å². The largest absolute Gasteiger partial charge is 0.364 e. The number of pyridine rings is 2. The molecular formula is C28H28FN7O2. The number of anilines is 1. The van der Waals surface area contributed by atoms with E-state index in [0.717, 1.165) is 36.3 Å². The number of piperazine rings is 1. The molecule has 1 aliphatic carbocycles. The molecule has 1 aromatic carbocycles. The number of rotatable bonds is 6. The minimum Gasteiger partial charge on any atom is -0.364 e. The van der Waals surface area contributed by atoms with Gasteiger partial charge >= 0.3 is 0 Å². The Bertz CT molecular complexity index is 1590. The standard InChI is InChI=1S/C28H28FN7O2/c1-3-21-16-35(26(17-6-8-19(29)9-7-17)28-32-27(33-38-28)18-4-5-18)12-13-36(21)23-14-24(37)34(2)22-11-10-20(15-30)31-25(22)23/h6-11,14,18,21,26H,3-5,12-13,16H2,1-2H3/t21-,26?/m0/s1. The van der Waals surface area contributed by atoms with Crippen molar-refractivity contribution in [2.75, 3.05) is 24.5 Å². The van der Waals surface area contributed by atoms with Gasteiger partial charge in [0, 0.05) is 44.7 Å². The van der Waals surface area contributed by atoms with E-state index in [2.05, 4.69) is 32.9 Å². The first kappa shape index (κ1) is 24.2. The van der Waals surface area contributed by atoms with Gasteiger partial charge in [0.25, 0.3) is 5.56 Å². The summed E-state index contributed by atoms with van der Waals surface area (Å²) in [5.41, 5.74) is 3.13. The maximum atomic E-state index is 13.8. The predicted molar refractivity (Wildman–Crippen MR) is 139 cm³/mol. The zero-order valence-corrected chi connectivity index (χ0v) is 21.3. The zero-order valence-electron chi connectivity index (χ0n) is 21.3. The minimum absolute atomic E-state index is 0.0559. The Morgan fingerprint density at radius 1 is 1.16 bits per heavy atom. The first-order chi connectivity index (χ1) is 18.5. The third-order valence-corrected chi connectivity index (χ3v) is 7.66. The fraction of sp³-hybridized carbons (Fsp3) is 0.393. The fourth-order valence-corrected chi connectivity index (χ4v) is 5.39. The molecule has 0 amide bonds. The van der Waals surface area contributed by atoms with Gasteiger partial charge in [-0.25, -0.2) is 9.37 Å². The number of aromatic nitrogens is 4. The molecule has 4 aromatic rings. The first-order valence-corrected chi connectivity index (χ1v) is 13.0. The van der Waals surface area contributed by atoms with E-state index in [0.29, 0.717) is 48.2 Å². The Morgan fingerprint density at radius 3 is 2.66 bits per heavy atom. The second-order valence-corrected chi connectivity index (χ2v) is 10.1. The number of fused-ring (bicyclic) bond motifs is 1. The molecule has 0 spiro atoms. The normalized spacial score (nSPS) is 19.0. The lowest BCUT2D eigenvalue weighted by Crippen LogP contribution is -2.54. The van der Waals surface area contributed by atoms with Crippen LogP contribution < -0.4 is 10.5 Å². The van der Waals surface area contributed by atoms with Gasteiger partial charge in [0.1, 0.15) is 29.1 Å². The van der Waals surface area contributed by atoms with Crippen molar-refractivity contribution in [2.24, 2.45) is 7.05 Å². The van der Waals surface area contributed by atoms with E-state index in [-0.39, 0.29) is 23.5 Å². The summed E-state index contributed by atoms with van der Waals surface area (Å²) in [6.07, 6.45) is 2.96. The van der Waals surface area contributed by atoms with Gasteiger partial charge in [0.15, 0.2) is 5.82 Å². The number of aryl methyl sites for hydroxylation is 1. The van der Waals surface area contributed by atoms with Crippen molar-refractivity contribution in [3.8, 4) is 6.07 Å². The minimum atomic E-state index is -0.310. The third-order valence-electron chi connectivity index (χ3n) is 7.66. The van der Waals surface area contributed by atoms with Crippen molar-refractivity contribution in [2.45, 2.75) is 44.2 Å². The third kappa shape index (κ3) is 4.33. The van der Waals surface area contributed by atoms with E-state index < -0.39 is 0 Å². The van der Waals surface area contributed by atoms with Gasteiger partial charge in [-0.15, -0.1) is 0 Å². The van der Waals surface area contributed by atoms with Gasteiger partial charge in [-0.3, -0.25) is 9.69 Å². The van der Waals surface area contributed by atoms with Crippen LogP contribution in [0.2, 0.25) is 0 Å². The molecule has 3 aromatic heterocycles. The molecule has 38 heavy (non-hydrogen) atoms. The highest BCUT2D eigenvalue weighted by molar-refractivity contribution is 5.89. The van der Waals surface area contributed by atoms with Crippen LogP contribution in [0.25, 0.3) is 11.0 Å².